The van der Waals surface area contributed by atoms with E-state index in [1.54, 1.807) is 7.11 Å². The van der Waals surface area contributed by atoms with Gasteiger partial charge in [0.2, 0.25) is 0 Å². The largest absolute Gasteiger partial charge is 0.495 e. The van der Waals surface area contributed by atoms with E-state index in [1.165, 1.54) is 12.1 Å². The van der Waals surface area contributed by atoms with Crippen LogP contribution in [0.25, 0.3) is 0 Å². The first kappa shape index (κ1) is 26.0. The van der Waals surface area contributed by atoms with Crippen LogP contribution in [0.4, 0.5) is 5.69 Å². The second-order valence-corrected chi connectivity index (χ2v) is 8.76. The molecule has 8 heteroatoms. The molecule has 2 saturated heterocycles. The number of guanidine groups is 1. The molecule has 2 aliphatic heterocycles. The van der Waals surface area contributed by atoms with Gasteiger partial charge in [0, 0.05) is 44.8 Å². The van der Waals surface area contributed by atoms with Crippen molar-refractivity contribution in [2.75, 3.05) is 71.0 Å². The Bertz CT molecular complexity index is 694. The van der Waals surface area contributed by atoms with Crippen LogP contribution in [-0.2, 0) is 4.74 Å². The lowest BCUT2D eigenvalue weighted by atomic mass is 10.0. The topological polar surface area (TPSA) is 61.4 Å². The van der Waals surface area contributed by atoms with Crippen LogP contribution in [0.15, 0.2) is 29.3 Å². The van der Waals surface area contributed by atoms with Crippen LogP contribution in [-0.4, -0.2) is 82.5 Å². The third-order valence-electron chi connectivity index (χ3n) is 6.11. The summed E-state index contributed by atoms with van der Waals surface area (Å²) >= 11 is 0. The Morgan fingerprint density at radius 3 is 2.65 bits per heavy atom. The number of benzene rings is 1. The zero-order valence-corrected chi connectivity index (χ0v) is 21.9. The maximum Gasteiger partial charge on any atom is 0.191 e. The van der Waals surface area contributed by atoms with Crippen molar-refractivity contribution in [3.05, 3.63) is 24.3 Å². The molecule has 176 valence electrons. The van der Waals surface area contributed by atoms with Crippen LogP contribution >= 0.6 is 24.0 Å². The van der Waals surface area contributed by atoms with Crippen molar-refractivity contribution in [3.63, 3.8) is 0 Å². The monoisotopic (exact) mass is 545 g/mol. The molecule has 1 aromatic carbocycles. The third kappa shape index (κ3) is 7.39. The molecule has 2 fully saturated rings. The Kier molecular flexibility index (Phi) is 10.6. The van der Waals surface area contributed by atoms with Gasteiger partial charge in [-0.2, -0.15) is 0 Å². The van der Waals surface area contributed by atoms with E-state index in [0.717, 1.165) is 70.7 Å². The van der Waals surface area contributed by atoms with Crippen molar-refractivity contribution >= 4 is 35.6 Å². The van der Waals surface area contributed by atoms with Gasteiger partial charge in [-0.1, -0.05) is 12.1 Å². The number of ether oxygens (including phenoxy) is 2. The summed E-state index contributed by atoms with van der Waals surface area (Å²) in [5.41, 5.74) is 1.22. The molecule has 2 N–H and O–H groups in total. The maximum absolute atomic E-state index is 5.54. The highest BCUT2D eigenvalue weighted by molar-refractivity contribution is 14.0. The van der Waals surface area contributed by atoms with Crippen molar-refractivity contribution in [2.45, 2.75) is 32.7 Å². The maximum atomic E-state index is 5.54. The molecule has 7 nitrogen and oxygen atoms in total. The van der Waals surface area contributed by atoms with Gasteiger partial charge in [-0.3, -0.25) is 9.89 Å². The second kappa shape index (κ2) is 12.7. The number of nitrogens with zero attached hydrogens (tertiary/aromatic N) is 3. The van der Waals surface area contributed by atoms with Gasteiger partial charge in [-0.05, 0) is 45.2 Å². The lowest BCUT2D eigenvalue weighted by Crippen LogP contribution is -2.52. The Morgan fingerprint density at radius 2 is 1.94 bits per heavy atom. The van der Waals surface area contributed by atoms with Crippen LogP contribution in [0.5, 0.6) is 5.75 Å². The smallest absolute Gasteiger partial charge is 0.191 e. The molecule has 0 amide bonds. The molecule has 0 saturated carbocycles. The minimum Gasteiger partial charge on any atom is -0.495 e. The summed E-state index contributed by atoms with van der Waals surface area (Å²) in [6, 6.07) is 8.28. The van der Waals surface area contributed by atoms with Crippen molar-refractivity contribution in [3.8, 4) is 5.75 Å². The predicted octanol–water partition coefficient (Wildman–Crippen LogP) is 2.81. The molecule has 2 heterocycles. The molecule has 0 aliphatic carbocycles. The lowest BCUT2D eigenvalue weighted by molar-refractivity contribution is -0.00683. The molecule has 2 aliphatic rings. The first-order valence-electron chi connectivity index (χ1n) is 11.3. The van der Waals surface area contributed by atoms with Gasteiger partial charge in [-0.15, -0.1) is 24.0 Å². The first-order valence-corrected chi connectivity index (χ1v) is 11.3. The van der Waals surface area contributed by atoms with Crippen LogP contribution in [0, 0.1) is 5.92 Å². The molecular formula is C23H40IN5O2. The Balaban J connectivity index is 0.00000341. The van der Waals surface area contributed by atoms with E-state index in [0.29, 0.717) is 5.92 Å². The second-order valence-electron chi connectivity index (χ2n) is 8.76. The normalized spacial score (nSPS) is 20.3. The van der Waals surface area contributed by atoms with Gasteiger partial charge in [0.1, 0.15) is 5.75 Å². The number of aliphatic imine (C=N–C) groups is 1. The van der Waals surface area contributed by atoms with Crippen molar-refractivity contribution in [2.24, 2.45) is 10.9 Å². The molecule has 0 aromatic heterocycles. The van der Waals surface area contributed by atoms with E-state index in [-0.39, 0.29) is 29.5 Å². The molecular weight excluding hydrogens is 505 g/mol. The van der Waals surface area contributed by atoms with E-state index in [4.69, 9.17) is 14.5 Å². The average molecular weight is 546 g/mol. The molecule has 1 aromatic rings. The molecule has 1 unspecified atom stereocenters. The van der Waals surface area contributed by atoms with Crippen LogP contribution in [0.1, 0.15) is 27.2 Å². The quantitative estimate of drug-likeness (QED) is 0.298. The van der Waals surface area contributed by atoms with Gasteiger partial charge in [0.05, 0.1) is 32.6 Å². The SMILES string of the molecule is CCNC(=NCC(C)(C)N1CCOCC1)NCC1CCN(c2ccccc2OC)C1.I. The number of methoxy groups -OCH3 is 1. The van der Waals surface area contributed by atoms with Gasteiger partial charge in [-0.25, -0.2) is 0 Å². The minimum absolute atomic E-state index is 0. The standard InChI is InChI=1S/C23H39N5O2.HI/c1-5-24-22(26-18-23(2,3)28-12-14-30-15-13-28)25-16-19-10-11-27(17-19)20-8-6-7-9-21(20)29-4;/h6-9,19H,5,10-18H2,1-4H3,(H2,24,25,26);1H. The Labute approximate surface area is 205 Å². The molecule has 1 atom stereocenters. The Hall–Kier alpha value is -1.26. The summed E-state index contributed by atoms with van der Waals surface area (Å²) in [7, 11) is 1.74. The van der Waals surface area contributed by atoms with Crippen LogP contribution < -0.4 is 20.3 Å². The molecule has 0 bridgehead atoms. The van der Waals surface area contributed by atoms with Crippen LogP contribution in [0.2, 0.25) is 0 Å². The number of anilines is 1. The highest BCUT2D eigenvalue weighted by Gasteiger charge is 2.28. The highest BCUT2D eigenvalue weighted by atomic mass is 127. The predicted molar refractivity (Wildman–Crippen MR) is 139 cm³/mol. The summed E-state index contributed by atoms with van der Waals surface area (Å²) in [5, 5.41) is 6.98. The minimum atomic E-state index is 0. The molecule has 0 spiro atoms. The molecule has 0 radical (unpaired) electrons. The molecule has 3 rings (SSSR count). The van der Waals surface area contributed by atoms with E-state index < -0.39 is 0 Å². The van der Waals surface area contributed by atoms with E-state index in [1.807, 2.05) is 12.1 Å². The van der Waals surface area contributed by atoms with Gasteiger partial charge in [0.15, 0.2) is 5.96 Å². The fourth-order valence-electron chi connectivity index (χ4n) is 4.23. The summed E-state index contributed by atoms with van der Waals surface area (Å²) in [6.45, 7) is 14.9. The van der Waals surface area contributed by atoms with Gasteiger partial charge in [0.25, 0.3) is 0 Å². The number of hydrogen-bond donors (Lipinski definition) is 2. The van der Waals surface area contributed by atoms with Crippen molar-refractivity contribution in [1.29, 1.82) is 0 Å². The number of halogens is 1. The zero-order valence-electron chi connectivity index (χ0n) is 19.5. The van der Waals surface area contributed by atoms with Gasteiger partial charge >= 0.3 is 0 Å². The van der Waals surface area contributed by atoms with E-state index in [2.05, 4.69) is 53.3 Å². The van der Waals surface area contributed by atoms with E-state index in [9.17, 15) is 0 Å². The summed E-state index contributed by atoms with van der Waals surface area (Å²) in [6.07, 6.45) is 1.17. The number of rotatable bonds is 8. The zero-order chi connectivity index (χ0) is 21.4. The number of hydrogen-bond acceptors (Lipinski definition) is 5. The molecule has 31 heavy (non-hydrogen) atoms. The van der Waals surface area contributed by atoms with Crippen molar-refractivity contribution < 1.29 is 9.47 Å². The summed E-state index contributed by atoms with van der Waals surface area (Å²) in [5.74, 6) is 2.45. The first-order chi connectivity index (χ1) is 14.5. The Morgan fingerprint density at radius 1 is 1.19 bits per heavy atom. The van der Waals surface area contributed by atoms with Gasteiger partial charge < -0.3 is 25.0 Å². The highest BCUT2D eigenvalue weighted by Crippen LogP contribution is 2.31. The van der Waals surface area contributed by atoms with Crippen molar-refractivity contribution in [1.82, 2.24) is 15.5 Å². The number of para-hydroxylation sites is 2. The lowest BCUT2D eigenvalue weighted by Gasteiger charge is -2.39. The number of nitrogens with one attached hydrogen (secondary N) is 2. The fraction of sp³-hybridized carbons (Fsp3) is 0.696. The average Bonchev–Trinajstić information content (AvgIpc) is 3.25. The third-order valence-corrected chi connectivity index (χ3v) is 6.11. The summed E-state index contributed by atoms with van der Waals surface area (Å²) < 4.78 is 11.0. The van der Waals surface area contributed by atoms with E-state index >= 15 is 0 Å². The number of morpholine rings is 1. The summed E-state index contributed by atoms with van der Waals surface area (Å²) in [4.78, 5) is 9.81. The van der Waals surface area contributed by atoms with Crippen LogP contribution in [0.3, 0.4) is 0 Å². The fourth-order valence-corrected chi connectivity index (χ4v) is 4.23.